The van der Waals surface area contributed by atoms with E-state index in [0.29, 0.717) is 6.42 Å². The van der Waals surface area contributed by atoms with E-state index in [1.165, 1.54) is 7.11 Å². The number of hydrogen-bond donors (Lipinski definition) is 1. The summed E-state index contributed by atoms with van der Waals surface area (Å²) in [7, 11) is 3.02. The summed E-state index contributed by atoms with van der Waals surface area (Å²) in [5, 5.41) is 2.88. The third kappa shape index (κ3) is 2.22. The van der Waals surface area contributed by atoms with Crippen LogP contribution in [0.1, 0.15) is 6.42 Å². The molecule has 1 aromatic carbocycles. The first kappa shape index (κ1) is 15.0. The predicted octanol–water partition coefficient (Wildman–Crippen LogP) is 2.14. The second-order valence-corrected chi connectivity index (χ2v) is 4.39. The number of ether oxygens (including phenoxy) is 2. The molecule has 0 bridgehead atoms. The number of methoxy groups -OCH3 is 1. The van der Waals surface area contributed by atoms with Gasteiger partial charge in [0.2, 0.25) is 29.1 Å². The van der Waals surface area contributed by atoms with E-state index in [9.17, 15) is 22.0 Å². The molecule has 112 valence electrons. The molecule has 0 aliphatic heterocycles. The van der Waals surface area contributed by atoms with Crippen molar-refractivity contribution in [2.45, 2.75) is 24.7 Å². The van der Waals surface area contributed by atoms with Crippen LogP contribution in [0.2, 0.25) is 0 Å². The molecule has 0 saturated heterocycles. The van der Waals surface area contributed by atoms with Crippen LogP contribution in [0.5, 0.6) is 5.75 Å². The molecular weight excluding hydrogens is 285 g/mol. The molecule has 1 fully saturated rings. The lowest BCUT2D eigenvalue weighted by molar-refractivity contribution is -0.0895. The largest absolute Gasteiger partial charge is 0.481 e. The standard InChI is InChI=1S/C12H12F5NO2/c1-18-4-3-5(11(4)19-2)20-12-9(16)7(14)6(13)8(15)10(12)17/h4-5,11,18H,3H2,1-2H3. The maximum atomic E-state index is 13.4. The van der Waals surface area contributed by atoms with Crippen molar-refractivity contribution < 1.29 is 31.4 Å². The van der Waals surface area contributed by atoms with Crippen LogP contribution < -0.4 is 10.1 Å². The molecule has 3 nitrogen and oxygen atoms in total. The molecule has 0 aromatic heterocycles. The smallest absolute Gasteiger partial charge is 0.207 e. The van der Waals surface area contributed by atoms with Gasteiger partial charge in [-0.25, -0.2) is 13.2 Å². The minimum Gasteiger partial charge on any atom is -0.481 e. The van der Waals surface area contributed by atoms with Crippen LogP contribution in [0, 0.1) is 29.1 Å². The molecule has 1 aliphatic rings. The van der Waals surface area contributed by atoms with Gasteiger partial charge in [0.15, 0.2) is 5.75 Å². The molecule has 0 amide bonds. The van der Waals surface area contributed by atoms with Gasteiger partial charge in [0.1, 0.15) is 12.2 Å². The molecule has 0 heterocycles. The van der Waals surface area contributed by atoms with E-state index in [4.69, 9.17) is 9.47 Å². The minimum absolute atomic E-state index is 0.105. The van der Waals surface area contributed by atoms with E-state index >= 15 is 0 Å². The van der Waals surface area contributed by atoms with Crippen molar-refractivity contribution in [3.63, 3.8) is 0 Å². The Morgan fingerprint density at radius 1 is 0.950 bits per heavy atom. The monoisotopic (exact) mass is 297 g/mol. The minimum atomic E-state index is -2.21. The zero-order valence-electron chi connectivity index (χ0n) is 10.6. The van der Waals surface area contributed by atoms with E-state index in [1.54, 1.807) is 7.05 Å². The lowest BCUT2D eigenvalue weighted by Gasteiger charge is -2.42. The molecule has 8 heteroatoms. The Kier molecular flexibility index (Phi) is 4.14. The van der Waals surface area contributed by atoms with E-state index in [0.717, 1.165) is 0 Å². The van der Waals surface area contributed by atoms with Gasteiger partial charge in [-0.2, -0.15) is 8.78 Å². The first-order chi connectivity index (χ1) is 9.42. The van der Waals surface area contributed by atoms with Crippen molar-refractivity contribution in [1.82, 2.24) is 5.32 Å². The van der Waals surface area contributed by atoms with Crippen LogP contribution in [-0.4, -0.2) is 32.4 Å². The van der Waals surface area contributed by atoms with Gasteiger partial charge >= 0.3 is 0 Å². The fraction of sp³-hybridized carbons (Fsp3) is 0.500. The average Bonchev–Trinajstić information content (AvgIpc) is 2.42. The zero-order valence-corrected chi connectivity index (χ0v) is 10.6. The van der Waals surface area contributed by atoms with E-state index < -0.39 is 47.0 Å². The van der Waals surface area contributed by atoms with Crippen LogP contribution in [-0.2, 0) is 4.74 Å². The quantitative estimate of drug-likeness (QED) is 0.525. The number of likely N-dealkylation sites (N-methyl/N-ethyl adjacent to an activating group) is 1. The summed E-state index contributed by atoms with van der Waals surface area (Å²) in [6.07, 6.45) is -0.991. The summed E-state index contributed by atoms with van der Waals surface area (Å²) < 4.78 is 75.7. The first-order valence-electron chi connectivity index (χ1n) is 5.80. The third-order valence-electron chi connectivity index (χ3n) is 3.33. The van der Waals surface area contributed by atoms with Crippen LogP contribution in [0.25, 0.3) is 0 Å². The highest BCUT2D eigenvalue weighted by molar-refractivity contribution is 5.30. The van der Waals surface area contributed by atoms with Crippen LogP contribution in [0.4, 0.5) is 22.0 Å². The van der Waals surface area contributed by atoms with Gasteiger partial charge in [0.25, 0.3) is 0 Å². The molecule has 1 aliphatic carbocycles. The highest BCUT2D eigenvalue weighted by Gasteiger charge is 2.43. The van der Waals surface area contributed by atoms with Gasteiger partial charge in [0.05, 0.1) is 0 Å². The summed E-state index contributed by atoms with van der Waals surface area (Å²) >= 11 is 0. The lowest BCUT2D eigenvalue weighted by atomic mass is 9.85. The average molecular weight is 297 g/mol. The lowest BCUT2D eigenvalue weighted by Crippen LogP contribution is -2.60. The molecule has 3 unspecified atom stereocenters. The fourth-order valence-corrected chi connectivity index (χ4v) is 2.13. The van der Waals surface area contributed by atoms with Crippen molar-refractivity contribution in [2.75, 3.05) is 14.2 Å². The molecule has 0 radical (unpaired) electrons. The third-order valence-corrected chi connectivity index (χ3v) is 3.33. The fourth-order valence-electron chi connectivity index (χ4n) is 2.13. The van der Waals surface area contributed by atoms with Crippen molar-refractivity contribution in [2.24, 2.45) is 0 Å². The molecule has 1 saturated carbocycles. The predicted molar refractivity (Wildman–Crippen MR) is 58.9 cm³/mol. The maximum absolute atomic E-state index is 13.4. The molecule has 1 aromatic rings. The highest BCUT2D eigenvalue weighted by Crippen LogP contribution is 2.34. The van der Waals surface area contributed by atoms with Crippen molar-refractivity contribution >= 4 is 0 Å². The zero-order chi connectivity index (χ0) is 15.0. The Hall–Kier alpha value is -1.41. The Morgan fingerprint density at radius 3 is 1.90 bits per heavy atom. The Labute approximate surface area is 111 Å². The second kappa shape index (κ2) is 5.53. The number of halogens is 5. The summed E-state index contributed by atoms with van der Waals surface area (Å²) in [5.74, 6) is -11.5. The molecule has 0 spiro atoms. The summed E-state index contributed by atoms with van der Waals surface area (Å²) in [5.41, 5.74) is 0. The van der Waals surface area contributed by atoms with Crippen molar-refractivity contribution in [3.8, 4) is 5.75 Å². The van der Waals surface area contributed by atoms with Gasteiger partial charge < -0.3 is 14.8 Å². The molecule has 2 rings (SSSR count). The molecular formula is C12H12F5NO2. The number of benzene rings is 1. The topological polar surface area (TPSA) is 30.5 Å². The SMILES string of the molecule is CNC1CC(Oc2c(F)c(F)c(F)c(F)c2F)C1OC. The van der Waals surface area contributed by atoms with Gasteiger partial charge in [-0.3, -0.25) is 0 Å². The molecule has 20 heavy (non-hydrogen) atoms. The highest BCUT2D eigenvalue weighted by atomic mass is 19.2. The number of hydrogen-bond acceptors (Lipinski definition) is 3. The van der Waals surface area contributed by atoms with Gasteiger partial charge in [0, 0.05) is 19.6 Å². The van der Waals surface area contributed by atoms with Crippen molar-refractivity contribution in [1.29, 1.82) is 0 Å². The summed E-state index contributed by atoms with van der Waals surface area (Å²) in [6, 6.07) is -0.105. The Bertz CT molecular complexity index is 496. The van der Waals surface area contributed by atoms with Gasteiger partial charge in [-0.1, -0.05) is 0 Å². The second-order valence-electron chi connectivity index (χ2n) is 4.39. The maximum Gasteiger partial charge on any atom is 0.207 e. The molecule has 3 atom stereocenters. The normalized spacial score (nSPS) is 25.4. The number of rotatable bonds is 4. The molecule has 1 N–H and O–H groups in total. The van der Waals surface area contributed by atoms with Crippen LogP contribution in [0.3, 0.4) is 0 Å². The Morgan fingerprint density at radius 2 is 1.45 bits per heavy atom. The number of nitrogens with one attached hydrogen (secondary N) is 1. The van der Waals surface area contributed by atoms with E-state index in [1.807, 2.05) is 0 Å². The Balaban J connectivity index is 2.27. The van der Waals surface area contributed by atoms with Crippen molar-refractivity contribution in [3.05, 3.63) is 29.1 Å². The first-order valence-corrected chi connectivity index (χ1v) is 5.80. The van der Waals surface area contributed by atoms with Crippen LogP contribution in [0.15, 0.2) is 0 Å². The van der Waals surface area contributed by atoms with E-state index in [2.05, 4.69) is 5.32 Å². The van der Waals surface area contributed by atoms with Gasteiger partial charge in [-0.15, -0.1) is 0 Å². The summed E-state index contributed by atoms with van der Waals surface area (Å²) in [6.45, 7) is 0. The van der Waals surface area contributed by atoms with E-state index in [-0.39, 0.29) is 6.04 Å². The summed E-state index contributed by atoms with van der Waals surface area (Å²) in [4.78, 5) is 0. The van der Waals surface area contributed by atoms with Gasteiger partial charge in [-0.05, 0) is 7.05 Å². The van der Waals surface area contributed by atoms with Crippen LogP contribution >= 0.6 is 0 Å².